The normalized spacial score (nSPS) is 55.0. The number of fused-ring (bicyclic) bond motifs is 10. The molecule has 5 heteroatoms. The van der Waals surface area contributed by atoms with E-state index in [0.29, 0.717) is 41.3 Å². The number of aliphatic hydroxyl groups is 3. The van der Waals surface area contributed by atoms with Crippen LogP contribution >= 0.6 is 0 Å². The minimum absolute atomic E-state index is 0.0370. The largest absolute Gasteiger partial charge is 0.393 e. The molecule has 0 spiro atoms. The Hall–Kier alpha value is -1.04. The average molecular weight is 623 g/mol. The van der Waals surface area contributed by atoms with Crippen LogP contribution in [-0.2, 0) is 9.59 Å². The first kappa shape index (κ1) is 32.5. The fraction of sp³-hybridized carbons (Fsp3) is 0.900. The van der Waals surface area contributed by atoms with Gasteiger partial charge in [-0.25, -0.2) is 0 Å². The third kappa shape index (κ3) is 4.62. The van der Waals surface area contributed by atoms with Crippen molar-refractivity contribution in [2.75, 3.05) is 0 Å². The second kappa shape index (κ2) is 11.0. The van der Waals surface area contributed by atoms with E-state index >= 15 is 0 Å². The Balaban J connectivity index is 0.000000146. The first-order valence-electron chi connectivity index (χ1n) is 19.0. The van der Waals surface area contributed by atoms with Gasteiger partial charge in [0.05, 0.1) is 12.2 Å². The molecule has 0 unspecified atom stereocenters. The fourth-order valence-electron chi connectivity index (χ4n) is 14.3. The zero-order valence-electron chi connectivity index (χ0n) is 29.0. The molecule has 0 aliphatic heterocycles. The number of Topliss-reactive ketones (excluding diaryl/α,β-unsaturated/α-hetero) is 2. The summed E-state index contributed by atoms with van der Waals surface area (Å²) in [6.45, 7) is 11.0. The highest BCUT2D eigenvalue weighted by Crippen LogP contribution is 2.68. The van der Waals surface area contributed by atoms with Gasteiger partial charge in [0, 0.05) is 18.3 Å². The standard InChI is InChI=1S/C21H32O3.C19H30O2/c1-13(22)21(24)11-8-18-16-5-4-14-12-15(23)6-9-19(14,2)17(16)7-10-20(18,21)3;1-18-9-7-13(20)11-12(18)3-4-14-15-5-6-17(21)19(15,2)10-8-16(14)18/h4,15-18,23-24H,5-12H2,1-3H3;12,14-17,21H,3-11H2,1-2H3/t15-,16+,17-,18-,19-,20-,21-;12-,14-,15-,16-,17-,18-,19-/m00/s1. The molecule has 45 heavy (non-hydrogen) atoms. The van der Waals surface area contributed by atoms with E-state index in [4.69, 9.17) is 0 Å². The van der Waals surface area contributed by atoms with E-state index in [9.17, 15) is 24.9 Å². The molecule has 8 rings (SSSR count). The van der Waals surface area contributed by atoms with Crippen molar-refractivity contribution in [3.8, 4) is 0 Å². The van der Waals surface area contributed by atoms with Crippen molar-refractivity contribution in [1.82, 2.24) is 0 Å². The molecule has 0 aromatic carbocycles. The van der Waals surface area contributed by atoms with Crippen molar-refractivity contribution in [3.63, 3.8) is 0 Å². The minimum atomic E-state index is -1.11. The number of allylic oxidation sites excluding steroid dienone is 1. The highest BCUT2D eigenvalue weighted by molar-refractivity contribution is 5.86. The molecule has 5 nitrogen and oxygen atoms in total. The van der Waals surface area contributed by atoms with E-state index in [1.54, 1.807) is 6.92 Å². The molecule has 0 heterocycles. The SMILES string of the molecule is CC(=O)[C@@]1(O)CC[C@H]2[C@@H]3CC=C4C[C@@H](O)CC[C@]4(C)[C@H]3CC[C@@]21C.C[C@]12CCC(=O)C[C@@H]1CC[C@@H]1[C@@H]2CC[C@]2(C)[C@@H](O)CC[C@@H]12. The molecular weight excluding hydrogens is 560 g/mol. The van der Waals surface area contributed by atoms with Crippen LogP contribution in [0.3, 0.4) is 0 Å². The Morgan fingerprint density at radius 2 is 1.44 bits per heavy atom. The Labute approximate surface area is 272 Å². The molecule has 14 atom stereocenters. The maximum absolute atomic E-state index is 12.2. The Morgan fingerprint density at radius 3 is 2.20 bits per heavy atom. The zero-order chi connectivity index (χ0) is 32.2. The Morgan fingerprint density at radius 1 is 0.733 bits per heavy atom. The molecule has 0 amide bonds. The predicted molar refractivity (Wildman–Crippen MR) is 176 cm³/mol. The maximum atomic E-state index is 12.2. The van der Waals surface area contributed by atoms with Gasteiger partial charge in [0.25, 0.3) is 0 Å². The van der Waals surface area contributed by atoms with Gasteiger partial charge in [0.15, 0.2) is 5.78 Å². The summed E-state index contributed by atoms with van der Waals surface area (Å²) in [6.07, 6.45) is 19.9. The van der Waals surface area contributed by atoms with E-state index < -0.39 is 5.60 Å². The molecule has 3 N–H and O–H groups in total. The molecule has 8 aliphatic rings. The number of aliphatic hydroxyl groups excluding tert-OH is 2. The van der Waals surface area contributed by atoms with Gasteiger partial charge in [-0.2, -0.15) is 0 Å². The third-order valence-corrected chi connectivity index (χ3v) is 17.2. The topological polar surface area (TPSA) is 94.8 Å². The summed E-state index contributed by atoms with van der Waals surface area (Å²) in [4.78, 5) is 24.1. The van der Waals surface area contributed by atoms with Crippen molar-refractivity contribution in [2.45, 2.75) is 162 Å². The summed E-state index contributed by atoms with van der Waals surface area (Å²) in [7, 11) is 0. The van der Waals surface area contributed by atoms with Crippen LogP contribution in [0.4, 0.5) is 0 Å². The van der Waals surface area contributed by atoms with E-state index in [0.717, 1.165) is 88.4 Å². The summed E-state index contributed by atoms with van der Waals surface area (Å²) in [6, 6.07) is 0. The maximum Gasteiger partial charge on any atom is 0.161 e. The lowest BCUT2D eigenvalue weighted by atomic mass is 9.45. The minimum Gasteiger partial charge on any atom is -0.393 e. The van der Waals surface area contributed by atoms with Gasteiger partial charge in [-0.1, -0.05) is 39.3 Å². The van der Waals surface area contributed by atoms with Gasteiger partial charge < -0.3 is 15.3 Å². The lowest BCUT2D eigenvalue weighted by Gasteiger charge is -2.60. The van der Waals surface area contributed by atoms with E-state index in [1.165, 1.54) is 37.7 Å². The molecule has 7 fully saturated rings. The predicted octanol–water partition coefficient (Wildman–Crippen LogP) is 7.59. The lowest BCUT2D eigenvalue weighted by Crippen LogP contribution is -2.56. The number of ketones is 2. The number of carbonyl (C=O) groups is 2. The molecule has 0 saturated heterocycles. The highest BCUT2D eigenvalue weighted by atomic mass is 16.3. The van der Waals surface area contributed by atoms with Crippen LogP contribution in [0.15, 0.2) is 11.6 Å². The fourth-order valence-corrected chi connectivity index (χ4v) is 14.3. The van der Waals surface area contributed by atoms with Crippen molar-refractivity contribution < 1.29 is 24.9 Å². The summed E-state index contributed by atoms with van der Waals surface area (Å²) >= 11 is 0. The van der Waals surface area contributed by atoms with Gasteiger partial charge in [-0.15, -0.1) is 0 Å². The van der Waals surface area contributed by atoms with E-state index in [2.05, 4.69) is 33.8 Å². The molecule has 252 valence electrons. The van der Waals surface area contributed by atoms with Crippen LogP contribution in [-0.4, -0.2) is 44.7 Å². The van der Waals surface area contributed by atoms with Crippen LogP contribution in [0.25, 0.3) is 0 Å². The molecule has 0 radical (unpaired) electrons. The summed E-state index contributed by atoms with van der Waals surface area (Å²) in [5.74, 6) is 5.17. The average Bonchev–Trinajstić information content (AvgIpc) is 3.46. The number of hydrogen-bond donors (Lipinski definition) is 3. The number of carbonyl (C=O) groups excluding carboxylic acids is 2. The van der Waals surface area contributed by atoms with Gasteiger partial charge in [0.1, 0.15) is 11.4 Å². The second-order valence-electron chi connectivity index (χ2n) is 18.6. The molecule has 0 aromatic rings. The summed E-state index contributed by atoms with van der Waals surface area (Å²) < 4.78 is 0. The van der Waals surface area contributed by atoms with Crippen LogP contribution < -0.4 is 0 Å². The van der Waals surface area contributed by atoms with Gasteiger partial charge in [-0.3, -0.25) is 9.59 Å². The summed E-state index contributed by atoms with van der Waals surface area (Å²) in [5, 5.41) is 31.7. The molecule has 8 aliphatic carbocycles. The first-order chi connectivity index (χ1) is 21.2. The van der Waals surface area contributed by atoms with Gasteiger partial charge >= 0.3 is 0 Å². The molecular formula is C40H62O5. The highest BCUT2D eigenvalue weighted by Gasteiger charge is 2.65. The van der Waals surface area contributed by atoms with Crippen molar-refractivity contribution >= 4 is 11.6 Å². The van der Waals surface area contributed by atoms with E-state index in [-0.39, 0.29) is 34.2 Å². The van der Waals surface area contributed by atoms with Gasteiger partial charge in [0.2, 0.25) is 0 Å². The molecule has 7 saturated carbocycles. The van der Waals surface area contributed by atoms with Crippen LogP contribution in [0.2, 0.25) is 0 Å². The Bertz CT molecular complexity index is 1240. The monoisotopic (exact) mass is 622 g/mol. The Kier molecular flexibility index (Phi) is 7.94. The second-order valence-corrected chi connectivity index (χ2v) is 18.6. The smallest absolute Gasteiger partial charge is 0.161 e. The van der Waals surface area contributed by atoms with Crippen molar-refractivity contribution in [3.05, 3.63) is 11.6 Å². The summed E-state index contributed by atoms with van der Waals surface area (Å²) in [5.41, 5.74) is 0.929. The van der Waals surface area contributed by atoms with Crippen molar-refractivity contribution in [1.29, 1.82) is 0 Å². The van der Waals surface area contributed by atoms with E-state index in [1.807, 2.05) is 0 Å². The number of hydrogen-bond acceptors (Lipinski definition) is 5. The molecule has 0 aromatic heterocycles. The lowest BCUT2D eigenvalue weighted by molar-refractivity contribution is -0.159. The van der Waals surface area contributed by atoms with Gasteiger partial charge in [-0.05, 0) is 161 Å². The van der Waals surface area contributed by atoms with Crippen molar-refractivity contribution in [2.24, 2.45) is 63.1 Å². The van der Waals surface area contributed by atoms with Crippen LogP contribution in [0, 0.1) is 63.1 Å². The third-order valence-electron chi connectivity index (χ3n) is 17.2. The molecule has 0 bridgehead atoms. The zero-order valence-corrected chi connectivity index (χ0v) is 29.0. The number of rotatable bonds is 1. The van der Waals surface area contributed by atoms with Crippen LogP contribution in [0.1, 0.15) is 144 Å². The first-order valence-corrected chi connectivity index (χ1v) is 19.0. The quantitative estimate of drug-likeness (QED) is 0.262. The van der Waals surface area contributed by atoms with Crippen LogP contribution in [0.5, 0.6) is 0 Å².